The van der Waals surface area contributed by atoms with E-state index in [0.717, 1.165) is 11.1 Å². The number of carbonyl (C=O) groups excluding carboxylic acids is 5. The van der Waals surface area contributed by atoms with Gasteiger partial charge in [-0.2, -0.15) is 0 Å². The van der Waals surface area contributed by atoms with E-state index in [-0.39, 0.29) is 19.5 Å². The van der Waals surface area contributed by atoms with Crippen molar-refractivity contribution in [2.75, 3.05) is 20.2 Å². The Kier molecular flexibility index (Phi) is 5.25. The van der Waals surface area contributed by atoms with Crippen LogP contribution in [0.5, 0.6) is 0 Å². The van der Waals surface area contributed by atoms with Gasteiger partial charge in [0.15, 0.2) is 0 Å². The molecule has 1 saturated heterocycles. The predicted molar refractivity (Wildman–Crippen MR) is 95.5 cm³/mol. The molecule has 2 aliphatic rings. The topological polar surface area (TPSA) is 104 Å². The number of fused-ring (bicyclic) bond motifs is 1. The Hall–Kier alpha value is -3.49. The van der Waals surface area contributed by atoms with Gasteiger partial charge in [0.1, 0.15) is 12.6 Å². The Balaban J connectivity index is 1.83. The van der Waals surface area contributed by atoms with Crippen molar-refractivity contribution < 1.29 is 28.7 Å². The van der Waals surface area contributed by atoms with Crippen LogP contribution in [0.3, 0.4) is 0 Å². The summed E-state index contributed by atoms with van der Waals surface area (Å²) in [4.78, 5) is 64.0. The Labute approximate surface area is 161 Å². The van der Waals surface area contributed by atoms with Crippen LogP contribution >= 0.6 is 0 Å². The van der Waals surface area contributed by atoms with Gasteiger partial charge < -0.3 is 9.64 Å². The van der Waals surface area contributed by atoms with E-state index in [1.165, 1.54) is 18.1 Å². The molecule has 0 aliphatic carbocycles. The maximum Gasteiger partial charge on any atom is 0.335 e. The van der Waals surface area contributed by atoms with Crippen molar-refractivity contribution in [1.82, 2.24) is 14.7 Å². The number of methoxy groups -OCH3 is 1. The number of rotatable bonds is 5. The minimum absolute atomic E-state index is 0.129. The third kappa shape index (κ3) is 3.26. The molecule has 2 heterocycles. The zero-order chi connectivity index (χ0) is 20.4. The van der Waals surface area contributed by atoms with Gasteiger partial charge in [0, 0.05) is 19.5 Å². The fourth-order valence-electron chi connectivity index (χ4n) is 3.34. The minimum atomic E-state index is -1.08. The van der Waals surface area contributed by atoms with Crippen molar-refractivity contribution in [2.24, 2.45) is 0 Å². The highest BCUT2D eigenvalue weighted by Gasteiger charge is 2.46. The molecular formula is C19H19N3O6. The summed E-state index contributed by atoms with van der Waals surface area (Å²) in [5.74, 6) is -3.30. The summed E-state index contributed by atoms with van der Waals surface area (Å²) >= 11 is 0. The van der Waals surface area contributed by atoms with Crippen LogP contribution in [0.2, 0.25) is 0 Å². The molecule has 0 N–H and O–H groups in total. The zero-order valence-electron chi connectivity index (χ0n) is 15.3. The molecule has 0 unspecified atom stereocenters. The molecule has 0 aromatic heterocycles. The first kappa shape index (κ1) is 19.3. The summed E-state index contributed by atoms with van der Waals surface area (Å²) in [5, 5.41) is 0. The van der Waals surface area contributed by atoms with Gasteiger partial charge in [-0.05, 0) is 11.1 Å². The Morgan fingerprint density at radius 2 is 1.79 bits per heavy atom. The Morgan fingerprint density at radius 3 is 2.43 bits per heavy atom. The van der Waals surface area contributed by atoms with Crippen molar-refractivity contribution in [3.8, 4) is 0 Å². The lowest BCUT2D eigenvalue weighted by Crippen LogP contribution is -2.52. The molecule has 0 radical (unpaired) electrons. The van der Waals surface area contributed by atoms with E-state index >= 15 is 0 Å². The molecule has 28 heavy (non-hydrogen) atoms. The predicted octanol–water partition coefficient (Wildman–Crippen LogP) is 0.0897. The number of ether oxygens (including phenoxy) is 1. The van der Waals surface area contributed by atoms with Gasteiger partial charge in [0.25, 0.3) is 0 Å². The Morgan fingerprint density at radius 1 is 1.14 bits per heavy atom. The molecule has 5 amide bonds. The van der Waals surface area contributed by atoms with Gasteiger partial charge in [-0.1, -0.05) is 30.3 Å². The van der Waals surface area contributed by atoms with Gasteiger partial charge in [-0.15, -0.1) is 6.58 Å². The van der Waals surface area contributed by atoms with E-state index in [4.69, 9.17) is 4.74 Å². The molecule has 1 fully saturated rings. The van der Waals surface area contributed by atoms with Crippen molar-refractivity contribution in [3.05, 3.63) is 48.0 Å². The molecule has 9 nitrogen and oxygen atoms in total. The molecule has 1 aromatic rings. The number of carbonyl (C=O) groups is 5. The normalized spacial score (nSPS) is 19.0. The molecule has 9 heteroatoms. The number of imide groups is 2. The fourth-order valence-corrected chi connectivity index (χ4v) is 3.34. The number of hydrogen-bond acceptors (Lipinski definition) is 6. The number of nitrogens with zero attached hydrogens (tertiary/aromatic N) is 3. The van der Waals surface area contributed by atoms with Crippen LogP contribution < -0.4 is 0 Å². The van der Waals surface area contributed by atoms with Gasteiger partial charge in [0.2, 0.25) is 5.91 Å². The van der Waals surface area contributed by atoms with E-state index < -0.39 is 42.3 Å². The van der Waals surface area contributed by atoms with Crippen LogP contribution in [0.25, 0.3) is 0 Å². The lowest BCUT2D eigenvalue weighted by Gasteiger charge is -2.35. The molecule has 0 saturated carbocycles. The number of amides is 5. The average Bonchev–Trinajstić information content (AvgIpc) is 2.90. The summed E-state index contributed by atoms with van der Waals surface area (Å²) in [6.07, 6.45) is 1.57. The highest BCUT2D eigenvalue weighted by molar-refractivity contribution is 6.45. The molecule has 0 bridgehead atoms. The molecule has 1 atom stereocenters. The monoisotopic (exact) mass is 385 g/mol. The highest BCUT2D eigenvalue weighted by Crippen LogP contribution is 2.25. The summed E-state index contributed by atoms with van der Waals surface area (Å²) in [5.41, 5.74) is 1.78. The first-order valence-corrected chi connectivity index (χ1v) is 8.61. The van der Waals surface area contributed by atoms with E-state index in [0.29, 0.717) is 9.80 Å². The SMILES string of the molecule is C=CCN1C(=O)C(=O)N(CC(=O)N2Cc3ccccc3C[C@H]2C(=O)OC)C1=O. The minimum Gasteiger partial charge on any atom is -0.467 e. The summed E-state index contributed by atoms with van der Waals surface area (Å²) in [7, 11) is 1.23. The second-order valence-corrected chi connectivity index (χ2v) is 6.41. The summed E-state index contributed by atoms with van der Waals surface area (Å²) < 4.78 is 4.81. The number of benzene rings is 1. The first-order chi connectivity index (χ1) is 13.4. The van der Waals surface area contributed by atoms with Gasteiger partial charge >= 0.3 is 23.8 Å². The average molecular weight is 385 g/mol. The van der Waals surface area contributed by atoms with Gasteiger partial charge in [-0.25, -0.2) is 14.5 Å². The summed E-state index contributed by atoms with van der Waals surface area (Å²) in [6.45, 7) is 2.81. The molecule has 2 aliphatic heterocycles. The second-order valence-electron chi connectivity index (χ2n) is 6.41. The third-order valence-electron chi connectivity index (χ3n) is 4.78. The van der Waals surface area contributed by atoms with Crippen LogP contribution in [0.4, 0.5) is 4.79 Å². The van der Waals surface area contributed by atoms with E-state index in [9.17, 15) is 24.0 Å². The van der Waals surface area contributed by atoms with Crippen LogP contribution in [0, 0.1) is 0 Å². The molecule has 3 rings (SSSR count). The van der Waals surface area contributed by atoms with E-state index in [1.54, 1.807) is 0 Å². The molecule has 0 spiro atoms. The first-order valence-electron chi connectivity index (χ1n) is 8.61. The lowest BCUT2D eigenvalue weighted by atomic mass is 9.94. The smallest absolute Gasteiger partial charge is 0.335 e. The van der Waals surface area contributed by atoms with E-state index in [2.05, 4.69) is 6.58 Å². The van der Waals surface area contributed by atoms with Crippen molar-refractivity contribution in [3.63, 3.8) is 0 Å². The van der Waals surface area contributed by atoms with Gasteiger partial charge in [0.05, 0.1) is 7.11 Å². The van der Waals surface area contributed by atoms with Crippen LogP contribution in [0.15, 0.2) is 36.9 Å². The fraction of sp³-hybridized carbons (Fsp3) is 0.316. The number of esters is 1. The number of urea groups is 1. The van der Waals surface area contributed by atoms with Crippen LogP contribution in [0.1, 0.15) is 11.1 Å². The quantitative estimate of drug-likeness (QED) is 0.308. The second kappa shape index (κ2) is 7.63. The van der Waals surface area contributed by atoms with Crippen LogP contribution in [-0.4, -0.2) is 70.7 Å². The molecule has 146 valence electrons. The molecule has 1 aromatic carbocycles. The highest BCUT2D eigenvalue weighted by atomic mass is 16.5. The van der Waals surface area contributed by atoms with Crippen molar-refractivity contribution in [2.45, 2.75) is 19.0 Å². The number of hydrogen-bond donors (Lipinski definition) is 0. The maximum atomic E-state index is 12.9. The standard InChI is InChI=1S/C19H19N3O6/c1-3-8-20-16(24)17(25)22(19(20)27)11-15(23)21-10-13-7-5-4-6-12(13)9-14(21)18(26)28-2/h3-7,14H,1,8-11H2,2H3/t14-/m0/s1. The van der Waals surface area contributed by atoms with Crippen molar-refractivity contribution >= 4 is 29.7 Å². The zero-order valence-corrected chi connectivity index (χ0v) is 15.3. The van der Waals surface area contributed by atoms with E-state index in [1.807, 2.05) is 24.3 Å². The lowest BCUT2D eigenvalue weighted by molar-refractivity contribution is -0.154. The van der Waals surface area contributed by atoms with Crippen LogP contribution in [-0.2, 0) is 36.9 Å². The maximum absolute atomic E-state index is 12.9. The van der Waals surface area contributed by atoms with Gasteiger partial charge in [-0.3, -0.25) is 19.3 Å². The largest absolute Gasteiger partial charge is 0.467 e. The Bertz CT molecular complexity index is 880. The third-order valence-corrected chi connectivity index (χ3v) is 4.78. The molecular weight excluding hydrogens is 366 g/mol. The van der Waals surface area contributed by atoms with Crippen molar-refractivity contribution in [1.29, 1.82) is 0 Å². The summed E-state index contributed by atoms with van der Waals surface area (Å²) in [6, 6.07) is 5.61.